The second kappa shape index (κ2) is 3.35. The van der Waals surface area contributed by atoms with Crippen LogP contribution in [-0.2, 0) is 0 Å². The van der Waals surface area contributed by atoms with E-state index in [1.807, 2.05) is 42.5 Å². The summed E-state index contributed by atoms with van der Waals surface area (Å²) in [6.07, 6.45) is 6.90. The van der Waals surface area contributed by atoms with E-state index in [2.05, 4.69) is 0 Å². The summed E-state index contributed by atoms with van der Waals surface area (Å²) in [5.74, 6) is 0. The highest BCUT2D eigenvalue weighted by molar-refractivity contribution is 5.50. The summed E-state index contributed by atoms with van der Waals surface area (Å²) in [4.78, 5) is 0. The lowest BCUT2D eigenvalue weighted by molar-refractivity contribution is 0.0150. The predicted octanol–water partition coefficient (Wildman–Crippen LogP) is 2.61. The van der Waals surface area contributed by atoms with E-state index in [-0.39, 0.29) is 0 Å². The third kappa shape index (κ3) is 1.99. The molecular formula is C12H14O. The smallest absolute Gasteiger partial charge is 0.0831 e. The Labute approximate surface area is 78.7 Å². The van der Waals surface area contributed by atoms with E-state index in [0.29, 0.717) is 0 Å². The third-order valence-corrected chi connectivity index (χ3v) is 2.60. The Balaban J connectivity index is 2.05. The maximum atomic E-state index is 9.78. The fourth-order valence-electron chi connectivity index (χ4n) is 1.52. The van der Waals surface area contributed by atoms with Crippen LogP contribution in [0.15, 0.2) is 36.4 Å². The van der Waals surface area contributed by atoms with Crippen LogP contribution in [0.5, 0.6) is 0 Å². The maximum Gasteiger partial charge on any atom is 0.0831 e. The molecule has 0 aliphatic heterocycles. The number of rotatable bonds is 2. The largest absolute Gasteiger partial charge is 0.386 e. The molecule has 13 heavy (non-hydrogen) atoms. The van der Waals surface area contributed by atoms with Gasteiger partial charge in [0.25, 0.3) is 0 Å². The van der Waals surface area contributed by atoms with Crippen LogP contribution >= 0.6 is 0 Å². The molecule has 0 aromatic heterocycles. The molecule has 0 saturated heterocycles. The molecule has 1 aromatic rings. The molecule has 0 heterocycles. The maximum absolute atomic E-state index is 9.78. The van der Waals surface area contributed by atoms with Crippen LogP contribution in [0.3, 0.4) is 0 Å². The van der Waals surface area contributed by atoms with Crippen LogP contribution in [-0.4, -0.2) is 10.7 Å². The van der Waals surface area contributed by atoms with Gasteiger partial charge in [-0.15, -0.1) is 0 Å². The lowest BCUT2D eigenvalue weighted by Crippen LogP contribution is -2.33. The number of benzene rings is 1. The van der Waals surface area contributed by atoms with Crippen LogP contribution in [0.2, 0.25) is 0 Å². The fourth-order valence-corrected chi connectivity index (χ4v) is 1.52. The van der Waals surface area contributed by atoms with Gasteiger partial charge in [0.1, 0.15) is 0 Å². The molecule has 1 N–H and O–H groups in total. The van der Waals surface area contributed by atoms with E-state index in [1.165, 1.54) is 0 Å². The second-order valence-corrected chi connectivity index (χ2v) is 3.70. The minimum absolute atomic E-state index is 0.504. The number of hydrogen-bond donors (Lipinski definition) is 1. The lowest BCUT2D eigenvalue weighted by Gasteiger charge is -2.33. The molecule has 0 bridgehead atoms. The fraction of sp³-hybridized carbons (Fsp3) is 0.333. The van der Waals surface area contributed by atoms with Gasteiger partial charge in [0.15, 0.2) is 0 Å². The third-order valence-electron chi connectivity index (χ3n) is 2.60. The van der Waals surface area contributed by atoms with Gasteiger partial charge in [-0.3, -0.25) is 0 Å². The molecule has 0 unspecified atom stereocenters. The first kappa shape index (κ1) is 8.52. The van der Waals surface area contributed by atoms with Gasteiger partial charge < -0.3 is 5.11 Å². The van der Waals surface area contributed by atoms with E-state index in [9.17, 15) is 5.11 Å². The Kier molecular flexibility index (Phi) is 2.19. The van der Waals surface area contributed by atoms with Crippen LogP contribution in [0.1, 0.15) is 24.8 Å². The standard InChI is InChI=1S/C12H14O/c13-12(8-4-9-12)10-7-11-5-2-1-3-6-11/h1-3,5-7,10,13H,4,8-9H2. The van der Waals surface area contributed by atoms with Crippen LogP contribution < -0.4 is 0 Å². The van der Waals surface area contributed by atoms with E-state index in [0.717, 1.165) is 24.8 Å². The molecule has 0 atom stereocenters. The molecule has 1 nitrogen and oxygen atoms in total. The summed E-state index contributed by atoms with van der Waals surface area (Å²) in [6.45, 7) is 0. The topological polar surface area (TPSA) is 20.2 Å². The molecule has 1 aliphatic carbocycles. The van der Waals surface area contributed by atoms with Gasteiger partial charge in [-0.2, -0.15) is 0 Å². The molecule has 0 radical (unpaired) electrons. The van der Waals surface area contributed by atoms with E-state index in [1.54, 1.807) is 0 Å². The first-order valence-electron chi connectivity index (χ1n) is 4.75. The normalized spacial score (nSPS) is 20.1. The van der Waals surface area contributed by atoms with Crippen molar-refractivity contribution in [1.29, 1.82) is 0 Å². The van der Waals surface area contributed by atoms with Crippen molar-refractivity contribution in [2.45, 2.75) is 24.9 Å². The molecule has 68 valence electrons. The summed E-state index contributed by atoms with van der Waals surface area (Å²) in [7, 11) is 0. The van der Waals surface area contributed by atoms with Gasteiger partial charge in [-0.25, -0.2) is 0 Å². The minimum Gasteiger partial charge on any atom is -0.386 e. The predicted molar refractivity (Wildman–Crippen MR) is 54.3 cm³/mol. The van der Waals surface area contributed by atoms with Crippen LogP contribution in [0.4, 0.5) is 0 Å². The molecule has 1 fully saturated rings. The van der Waals surface area contributed by atoms with Gasteiger partial charge in [0.05, 0.1) is 5.60 Å². The zero-order chi connectivity index (χ0) is 9.15. The summed E-state index contributed by atoms with van der Waals surface area (Å²) >= 11 is 0. The lowest BCUT2D eigenvalue weighted by atomic mass is 9.80. The van der Waals surface area contributed by atoms with Crippen LogP contribution in [0, 0.1) is 0 Å². The van der Waals surface area contributed by atoms with Crippen molar-refractivity contribution in [3.63, 3.8) is 0 Å². The number of aliphatic hydroxyl groups is 1. The van der Waals surface area contributed by atoms with E-state index in [4.69, 9.17) is 0 Å². The van der Waals surface area contributed by atoms with Gasteiger partial charge in [0.2, 0.25) is 0 Å². The van der Waals surface area contributed by atoms with E-state index < -0.39 is 5.60 Å². The van der Waals surface area contributed by atoms with Crippen molar-refractivity contribution < 1.29 is 5.11 Å². The zero-order valence-corrected chi connectivity index (χ0v) is 7.61. The Morgan fingerprint density at radius 1 is 1.15 bits per heavy atom. The summed E-state index contributed by atoms with van der Waals surface area (Å²) in [5, 5.41) is 9.78. The molecule has 1 heteroatoms. The van der Waals surface area contributed by atoms with Crippen molar-refractivity contribution in [2.75, 3.05) is 0 Å². The van der Waals surface area contributed by atoms with Crippen molar-refractivity contribution >= 4 is 6.08 Å². The Hall–Kier alpha value is -1.08. The van der Waals surface area contributed by atoms with E-state index >= 15 is 0 Å². The quantitative estimate of drug-likeness (QED) is 0.730. The molecule has 0 amide bonds. The molecule has 2 rings (SSSR count). The average molecular weight is 174 g/mol. The average Bonchev–Trinajstić information content (AvgIpc) is 2.13. The summed E-state index contributed by atoms with van der Waals surface area (Å²) in [6, 6.07) is 10.1. The monoisotopic (exact) mass is 174 g/mol. The zero-order valence-electron chi connectivity index (χ0n) is 7.61. The van der Waals surface area contributed by atoms with Crippen LogP contribution in [0.25, 0.3) is 6.08 Å². The Morgan fingerprint density at radius 3 is 2.38 bits per heavy atom. The van der Waals surface area contributed by atoms with Crippen molar-refractivity contribution in [1.82, 2.24) is 0 Å². The highest BCUT2D eigenvalue weighted by Crippen LogP contribution is 2.33. The molecule has 1 aromatic carbocycles. The Morgan fingerprint density at radius 2 is 1.85 bits per heavy atom. The van der Waals surface area contributed by atoms with Crippen molar-refractivity contribution in [3.05, 3.63) is 42.0 Å². The first-order chi connectivity index (χ1) is 6.29. The Bertz CT molecular complexity index is 296. The first-order valence-corrected chi connectivity index (χ1v) is 4.75. The second-order valence-electron chi connectivity index (χ2n) is 3.70. The van der Waals surface area contributed by atoms with Gasteiger partial charge >= 0.3 is 0 Å². The van der Waals surface area contributed by atoms with Crippen molar-refractivity contribution in [3.8, 4) is 0 Å². The summed E-state index contributed by atoms with van der Waals surface area (Å²) in [5.41, 5.74) is 0.651. The molecular weight excluding hydrogens is 160 g/mol. The van der Waals surface area contributed by atoms with Gasteiger partial charge in [0, 0.05) is 0 Å². The molecule has 1 aliphatic rings. The molecule has 0 spiro atoms. The van der Waals surface area contributed by atoms with Crippen molar-refractivity contribution in [2.24, 2.45) is 0 Å². The molecule has 1 saturated carbocycles. The highest BCUT2D eigenvalue weighted by atomic mass is 16.3. The highest BCUT2D eigenvalue weighted by Gasteiger charge is 2.30. The number of hydrogen-bond acceptors (Lipinski definition) is 1. The SMILES string of the molecule is OC1(C=Cc2ccccc2)CCC1. The van der Waals surface area contributed by atoms with Gasteiger partial charge in [-0.05, 0) is 24.8 Å². The summed E-state index contributed by atoms with van der Waals surface area (Å²) < 4.78 is 0. The van der Waals surface area contributed by atoms with Gasteiger partial charge in [-0.1, -0.05) is 42.5 Å². The minimum atomic E-state index is -0.504.